The summed E-state index contributed by atoms with van der Waals surface area (Å²) in [5.41, 5.74) is 1.22. The maximum Gasteiger partial charge on any atom is 0.141 e. The van der Waals surface area contributed by atoms with Gasteiger partial charge in [-0.05, 0) is 63.6 Å². The molecule has 3 rings (SSSR count). The molecule has 3 aromatic carbocycles. The van der Waals surface area contributed by atoms with Crippen LogP contribution in [0.25, 0.3) is 10.8 Å². The van der Waals surface area contributed by atoms with Crippen molar-refractivity contribution in [3.8, 4) is 11.5 Å². The van der Waals surface area contributed by atoms with E-state index >= 15 is 0 Å². The van der Waals surface area contributed by atoms with Crippen LogP contribution in [0.3, 0.4) is 0 Å². The number of rotatable bonds is 4. The van der Waals surface area contributed by atoms with Gasteiger partial charge in [-0.25, -0.2) is 0 Å². The van der Waals surface area contributed by atoms with Crippen LogP contribution in [0.5, 0.6) is 11.5 Å². The lowest BCUT2D eigenvalue weighted by Gasteiger charge is -2.10. The molecule has 1 N–H and O–H groups in total. The van der Waals surface area contributed by atoms with Crippen molar-refractivity contribution in [2.24, 2.45) is 0 Å². The van der Waals surface area contributed by atoms with Gasteiger partial charge in [-0.2, -0.15) is 0 Å². The summed E-state index contributed by atoms with van der Waals surface area (Å²) < 4.78 is 6.94. The number of ether oxygens (including phenoxy) is 1. The molecule has 0 heterocycles. The molecule has 0 saturated carbocycles. The fourth-order valence-electron chi connectivity index (χ4n) is 2.30. The fraction of sp³-hybridized carbons (Fsp3) is 0.111. The van der Waals surface area contributed by atoms with E-state index in [4.69, 9.17) is 4.74 Å². The van der Waals surface area contributed by atoms with Crippen LogP contribution in [-0.2, 0) is 6.54 Å². The summed E-state index contributed by atoms with van der Waals surface area (Å²) in [5.74, 6) is 1.67. The molecule has 0 saturated heterocycles. The van der Waals surface area contributed by atoms with E-state index in [0.717, 1.165) is 22.5 Å². The summed E-state index contributed by atoms with van der Waals surface area (Å²) in [7, 11) is 1.94. The van der Waals surface area contributed by atoms with Gasteiger partial charge in [0.25, 0.3) is 0 Å². The van der Waals surface area contributed by atoms with E-state index in [1.54, 1.807) is 0 Å². The fourth-order valence-corrected chi connectivity index (χ4v) is 2.81. The molecule has 0 aliphatic carbocycles. The number of hydrogen-bond donors (Lipinski definition) is 1. The molecule has 0 aliphatic heterocycles. The first kappa shape index (κ1) is 14.1. The SMILES string of the molecule is CNCc1ccc(Oc2ccc3ccccc3c2)c(Br)c1. The van der Waals surface area contributed by atoms with Crippen molar-refractivity contribution in [3.63, 3.8) is 0 Å². The quantitative estimate of drug-likeness (QED) is 0.711. The van der Waals surface area contributed by atoms with E-state index in [2.05, 4.69) is 57.6 Å². The first-order valence-electron chi connectivity index (χ1n) is 6.86. The highest BCUT2D eigenvalue weighted by Crippen LogP contribution is 2.31. The molecular formula is C18H16BrNO. The molecule has 0 spiro atoms. The Morgan fingerprint density at radius 2 is 1.76 bits per heavy atom. The van der Waals surface area contributed by atoms with Crippen molar-refractivity contribution < 1.29 is 4.74 Å². The van der Waals surface area contributed by atoms with Crippen LogP contribution < -0.4 is 10.1 Å². The zero-order valence-corrected chi connectivity index (χ0v) is 13.4. The minimum atomic E-state index is 0.824. The van der Waals surface area contributed by atoms with E-state index in [9.17, 15) is 0 Å². The van der Waals surface area contributed by atoms with Crippen molar-refractivity contribution in [1.29, 1.82) is 0 Å². The molecule has 0 bridgehead atoms. The molecule has 0 aliphatic rings. The molecule has 21 heavy (non-hydrogen) atoms. The summed E-state index contributed by atoms with van der Waals surface area (Å²) in [6.07, 6.45) is 0. The zero-order valence-electron chi connectivity index (χ0n) is 11.8. The molecule has 106 valence electrons. The second-order valence-corrected chi connectivity index (χ2v) is 5.76. The second kappa shape index (κ2) is 6.29. The molecule has 0 amide bonds. The van der Waals surface area contributed by atoms with E-state index in [-0.39, 0.29) is 0 Å². The van der Waals surface area contributed by atoms with Gasteiger partial charge in [-0.15, -0.1) is 0 Å². The van der Waals surface area contributed by atoms with Crippen LogP contribution in [0.1, 0.15) is 5.56 Å². The van der Waals surface area contributed by atoms with Crippen LogP contribution in [0.4, 0.5) is 0 Å². The molecule has 0 fully saturated rings. The van der Waals surface area contributed by atoms with Crippen molar-refractivity contribution in [1.82, 2.24) is 5.32 Å². The van der Waals surface area contributed by atoms with Crippen molar-refractivity contribution in [2.75, 3.05) is 7.05 Å². The van der Waals surface area contributed by atoms with Crippen molar-refractivity contribution in [2.45, 2.75) is 6.54 Å². The van der Waals surface area contributed by atoms with Gasteiger partial charge in [0.15, 0.2) is 0 Å². The van der Waals surface area contributed by atoms with Gasteiger partial charge in [0.05, 0.1) is 4.47 Å². The average molecular weight is 342 g/mol. The Kier molecular flexibility index (Phi) is 4.23. The van der Waals surface area contributed by atoms with Crippen molar-refractivity contribution >= 4 is 26.7 Å². The molecule has 0 aromatic heterocycles. The van der Waals surface area contributed by atoms with Crippen LogP contribution in [-0.4, -0.2) is 7.05 Å². The molecule has 0 unspecified atom stereocenters. The molecule has 2 nitrogen and oxygen atoms in total. The largest absolute Gasteiger partial charge is 0.456 e. The van der Waals surface area contributed by atoms with Gasteiger partial charge in [0.2, 0.25) is 0 Å². The van der Waals surface area contributed by atoms with Gasteiger partial charge in [-0.1, -0.05) is 36.4 Å². The molecule has 3 heteroatoms. The summed E-state index contributed by atoms with van der Waals surface area (Å²) in [6.45, 7) is 0.842. The minimum Gasteiger partial charge on any atom is -0.456 e. The first-order valence-corrected chi connectivity index (χ1v) is 7.65. The predicted octanol–water partition coefficient (Wildman–Crippen LogP) is 5.11. The predicted molar refractivity (Wildman–Crippen MR) is 90.9 cm³/mol. The third kappa shape index (κ3) is 3.26. The lowest BCUT2D eigenvalue weighted by Crippen LogP contribution is -2.04. The van der Waals surface area contributed by atoms with E-state index < -0.39 is 0 Å². The Balaban J connectivity index is 1.87. The zero-order chi connectivity index (χ0) is 14.7. The Labute approximate surface area is 132 Å². The summed E-state index contributed by atoms with van der Waals surface area (Å²) in [4.78, 5) is 0. The highest BCUT2D eigenvalue weighted by Gasteiger charge is 2.05. The van der Waals surface area contributed by atoms with Crippen LogP contribution >= 0.6 is 15.9 Å². The third-order valence-electron chi connectivity index (χ3n) is 3.33. The van der Waals surface area contributed by atoms with Crippen molar-refractivity contribution in [3.05, 3.63) is 70.7 Å². The van der Waals surface area contributed by atoms with Gasteiger partial charge < -0.3 is 10.1 Å². The third-order valence-corrected chi connectivity index (χ3v) is 3.95. The lowest BCUT2D eigenvalue weighted by atomic mass is 10.1. The van der Waals surface area contributed by atoms with E-state index in [0.29, 0.717) is 0 Å². The Morgan fingerprint density at radius 3 is 2.52 bits per heavy atom. The Bertz CT molecular complexity index is 770. The summed E-state index contributed by atoms with van der Waals surface area (Å²) in [5, 5.41) is 5.53. The number of hydrogen-bond acceptors (Lipinski definition) is 2. The topological polar surface area (TPSA) is 21.3 Å². The Morgan fingerprint density at radius 1 is 0.952 bits per heavy atom. The smallest absolute Gasteiger partial charge is 0.141 e. The van der Waals surface area contributed by atoms with Crippen LogP contribution in [0.2, 0.25) is 0 Å². The number of nitrogens with one attached hydrogen (secondary N) is 1. The van der Waals surface area contributed by atoms with Crippen LogP contribution in [0.15, 0.2) is 65.1 Å². The first-order chi connectivity index (χ1) is 10.3. The molecule has 0 atom stereocenters. The Hall–Kier alpha value is -1.84. The van der Waals surface area contributed by atoms with Gasteiger partial charge in [-0.3, -0.25) is 0 Å². The van der Waals surface area contributed by atoms with E-state index in [1.807, 2.05) is 31.3 Å². The molecular weight excluding hydrogens is 326 g/mol. The normalized spacial score (nSPS) is 10.8. The minimum absolute atomic E-state index is 0.824. The molecule has 0 radical (unpaired) electrons. The number of halogens is 1. The van der Waals surface area contributed by atoms with E-state index in [1.165, 1.54) is 16.3 Å². The monoisotopic (exact) mass is 341 g/mol. The lowest BCUT2D eigenvalue weighted by molar-refractivity contribution is 0.480. The number of benzene rings is 3. The summed E-state index contributed by atoms with van der Waals surface area (Å²) in [6, 6.07) is 20.5. The van der Waals surface area contributed by atoms with Gasteiger partial charge in [0.1, 0.15) is 11.5 Å². The average Bonchev–Trinajstić information content (AvgIpc) is 2.50. The van der Waals surface area contributed by atoms with Crippen LogP contribution in [0, 0.1) is 0 Å². The van der Waals surface area contributed by atoms with Gasteiger partial charge in [0, 0.05) is 6.54 Å². The van der Waals surface area contributed by atoms with Gasteiger partial charge >= 0.3 is 0 Å². The summed E-state index contributed by atoms with van der Waals surface area (Å²) >= 11 is 3.57. The maximum absolute atomic E-state index is 5.98. The maximum atomic E-state index is 5.98. The molecule has 3 aromatic rings. The highest BCUT2D eigenvalue weighted by molar-refractivity contribution is 9.10. The standard InChI is InChI=1S/C18H16BrNO/c1-20-12-13-6-9-18(17(19)10-13)21-16-8-7-14-4-2-3-5-15(14)11-16/h2-11,20H,12H2,1H3. The second-order valence-electron chi connectivity index (χ2n) is 4.91. The highest BCUT2D eigenvalue weighted by atomic mass is 79.9. The number of fused-ring (bicyclic) bond motifs is 1.